The predicted octanol–water partition coefficient (Wildman–Crippen LogP) is 2.41. The van der Waals surface area contributed by atoms with Gasteiger partial charge < -0.3 is 10.5 Å². The van der Waals surface area contributed by atoms with Crippen LogP contribution in [0.1, 0.15) is 24.8 Å². The third-order valence-corrected chi connectivity index (χ3v) is 3.55. The molecule has 5 heteroatoms. The molecule has 0 aromatic heterocycles. The first kappa shape index (κ1) is 12.8. The van der Waals surface area contributed by atoms with Crippen LogP contribution in [0, 0.1) is 23.0 Å². The molecule has 2 rings (SSSR count). The lowest BCUT2D eigenvalue weighted by molar-refractivity contribution is -0.386. The fourth-order valence-corrected chi connectivity index (χ4v) is 2.51. The molecule has 0 saturated heterocycles. The van der Waals surface area contributed by atoms with Crippen LogP contribution in [0.15, 0.2) is 18.2 Å². The minimum Gasteiger partial charge on any atom is -0.483 e. The Morgan fingerprint density at radius 2 is 2.28 bits per heavy atom. The molecule has 0 aliphatic heterocycles. The van der Waals surface area contributed by atoms with E-state index >= 15 is 0 Å². The van der Waals surface area contributed by atoms with Crippen LogP contribution in [0.2, 0.25) is 0 Å². The maximum Gasteiger partial charge on any atom is 0.311 e. The smallest absolute Gasteiger partial charge is 0.311 e. The van der Waals surface area contributed by atoms with E-state index in [2.05, 4.69) is 0 Å². The molecular formula is C13H18N2O3. The largest absolute Gasteiger partial charge is 0.483 e. The summed E-state index contributed by atoms with van der Waals surface area (Å²) in [6.07, 6.45) is 3.05. The molecule has 98 valence electrons. The third kappa shape index (κ3) is 2.46. The number of para-hydroxylation sites is 1. The van der Waals surface area contributed by atoms with Gasteiger partial charge in [-0.3, -0.25) is 10.1 Å². The number of rotatable bonds is 4. The Morgan fingerprint density at radius 1 is 1.50 bits per heavy atom. The summed E-state index contributed by atoms with van der Waals surface area (Å²) < 4.78 is 5.88. The van der Waals surface area contributed by atoms with E-state index in [4.69, 9.17) is 10.5 Å². The zero-order chi connectivity index (χ0) is 13.1. The normalized spacial score (nSPS) is 23.0. The van der Waals surface area contributed by atoms with Crippen LogP contribution in [0.3, 0.4) is 0 Å². The molecule has 0 bridgehead atoms. The second-order valence-corrected chi connectivity index (χ2v) is 4.76. The second kappa shape index (κ2) is 5.35. The average molecular weight is 250 g/mol. The van der Waals surface area contributed by atoms with Crippen LogP contribution in [0.5, 0.6) is 5.75 Å². The van der Waals surface area contributed by atoms with Crippen molar-refractivity contribution in [3.8, 4) is 5.75 Å². The van der Waals surface area contributed by atoms with E-state index < -0.39 is 4.92 Å². The Hall–Kier alpha value is -1.62. The van der Waals surface area contributed by atoms with Gasteiger partial charge in [0.1, 0.15) is 6.10 Å². The van der Waals surface area contributed by atoms with Gasteiger partial charge in [-0.15, -0.1) is 0 Å². The summed E-state index contributed by atoms with van der Waals surface area (Å²) in [5, 5.41) is 11.0. The molecule has 1 fully saturated rings. The number of nitrogens with two attached hydrogens (primary N) is 1. The van der Waals surface area contributed by atoms with Gasteiger partial charge in [-0.2, -0.15) is 0 Å². The molecular weight excluding hydrogens is 232 g/mol. The van der Waals surface area contributed by atoms with Gasteiger partial charge in [0.15, 0.2) is 5.75 Å². The van der Waals surface area contributed by atoms with Crippen molar-refractivity contribution in [1.29, 1.82) is 0 Å². The quantitative estimate of drug-likeness (QED) is 0.657. The lowest BCUT2D eigenvalue weighted by Crippen LogP contribution is -2.28. The Kier molecular flexibility index (Phi) is 3.81. The Morgan fingerprint density at radius 3 is 2.94 bits per heavy atom. The number of hydrogen-bond donors (Lipinski definition) is 1. The standard InChI is InChI=1S/C13H18N2O3/c1-9-4-2-6-11(15(16)17)13(9)18-12-7-3-5-10(12)8-14/h2,4,6,10,12H,3,5,7-8,14H2,1H3. The van der Waals surface area contributed by atoms with Crippen molar-refractivity contribution >= 4 is 5.69 Å². The van der Waals surface area contributed by atoms with Gasteiger partial charge in [-0.1, -0.05) is 12.1 Å². The van der Waals surface area contributed by atoms with Crippen molar-refractivity contribution < 1.29 is 9.66 Å². The fraction of sp³-hybridized carbons (Fsp3) is 0.538. The van der Waals surface area contributed by atoms with Crippen LogP contribution in [-0.4, -0.2) is 17.6 Å². The van der Waals surface area contributed by atoms with Crippen molar-refractivity contribution in [3.05, 3.63) is 33.9 Å². The highest BCUT2D eigenvalue weighted by molar-refractivity contribution is 5.51. The van der Waals surface area contributed by atoms with E-state index in [1.54, 1.807) is 6.07 Å². The summed E-state index contributed by atoms with van der Waals surface area (Å²) in [6.45, 7) is 2.40. The zero-order valence-electron chi connectivity index (χ0n) is 10.5. The van der Waals surface area contributed by atoms with E-state index in [0.717, 1.165) is 24.8 Å². The molecule has 1 aliphatic rings. The third-order valence-electron chi connectivity index (χ3n) is 3.55. The van der Waals surface area contributed by atoms with Crippen molar-refractivity contribution in [2.45, 2.75) is 32.3 Å². The fourth-order valence-electron chi connectivity index (χ4n) is 2.51. The molecule has 0 radical (unpaired) electrons. The Labute approximate surface area is 106 Å². The molecule has 18 heavy (non-hydrogen) atoms. The van der Waals surface area contributed by atoms with E-state index in [1.165, 1.54) is 6.07 Å². The van der Waals surface area contributed by atoms with Gasteiger partial charge in [-0.05, 0) is 38.3 Å². The molecule has 1 saturated carbocycles. The van der Waals surface area contributed by atoms with E-state index in [0.29, 0.717) is 18.2 Å². The first-order valence-corrected chi connectivity index (χ1v) is 6.24. The van der Waals surface area contributed by atoms with Gasteiger partial charge in [0, 0.05) is 12.0 Å². The van der Waals surface area contributed by atoms with Crippen molar-refractivity contribution in [1.82, 2.24) is 0 Å². The summed E-state index contributed by atoms with van der Waals surface area (Å²) in [6, 6.07) is 4.98. The molecule has 2 N–H and O–H groups in total. The first-order valence-electron chi connectivity index (χ1n) is 6.24. The zero-order valence-corrected chi connectivity index (χ0v) is 10.5. The number of nitrogens with zero attached hydrogens (tertiary/aromatic N) is 1. The number of nitro groups is 1. The van der Waals surface area contributed by atoms with Crippen molar-refractivity contribution in [3.63, 3.8) is 0 Å². The van der Waals surface area contributed by atoms with Crippen LogP contribution in [-0.2, 0) is 0 Å². The maximum atomic E-state index is 11.0. The van der Waals surface area contributed by atoms with E-state index in [1.807, 2.05) is 13.0 Å². The van der Waals surface area contributed by atoms with Gasteiger partial charge in [0.2, 0.25) is 0 Å². The van der Waals surface area contributed by atoms with Crippen LogP contribution in [0.4, 0.5) is 5.69 Å². The molecule has 2 unspecified atom stereocenters. The summed E-state index contributed by atoms with van der Waals surface area (Å²) in [5.74, 6) is 0.706. The van der Waals surface area contributed by atoms with Crippen LogP contribution < -0.4 is 10.5 Å². The van der Waals surface area contributed by atoms with E-state index in [9.17, 15) is 10.1 Å². The molecule has 0 spiro atoms. The first-order chi connectivity index (χ1) is 8.63. The Bertz CT molecular complexity index is 448. The number of hydrogen-bond acceptors (Lipinski definition) is 4. The Balaban J connectivity index is 2.25. The minimum absolute atomic E-state index is 0.00907. The van der Waals surface area contributed by atoms with Gasteiger partial charge in [-0.25, -0.2) is 0 Å². The monoisotopic (exact) mass is 250 g/mol. The molecule has 1 aromatic rings. The summed E-state index contributed by atoms with van der Waals surface area (Å²) in [7, 11) is 0. The predicted molar refractivity (Wildman–Crippen MR) is 68.6 cm³/mol. The molecule has 1 aliphatic carbocycles. The second-order valence-electron chi connectivity index (χ2n) is 4.76. The minimum atomic E-state index is -0.394. The van der Waals surface area contributed by atoms with Crippen LogP contribution in [0.25, 0.3) is 0 Å². The van der Waals surface area contributed by atoms with Crippen LogP contribution >= 0.6 is 0 Å². The maximum absolute atomic E-state index is 11.0. The lowest BCUT2D eigenvalue weighted by atomic mass is 10.1. The SMILES string of the molecule is Cc1cccc([N+](=O)[O-])c1OC1CCCC1CN. The van der Waals surface area contributed by atoms with Crippen molar-refractivity contribution in [2.24, 2.45) is 11.7 Å². The lowest BCUT2D eigenvalue weighted by Gasteiger charge is -2.20. The van der Waals surface area contributed by atoms with Gasteiger partial charge >= 0.3 is 5.69 Å². The molecule has 1 aromatic carbocycles. The summed E-state index contributed by atoms with van der Waals surface area (Å²) in [4.78, 5) is 10.6. The number of nitro benzene ring substituents is 1. The average Bonchev–Trinajstić information content (AvgIpc) is 2.78. The van der Waals surface area contributed by atoms with Crippen molar-refractivity contribution in [2.75, 3.05) is 6.54 Å². The number of benzene rings is 1. The highest BCUT2D eigenvalue weighted by Crippen LogP contribution is 2.35. The molecule has 0 heterocycles. The molecule has 2 atom stereocenters. The number of ether oxygens (including phenoxy) is 1. The van der Waals surface area contributed by atoms with Gasteiger partial charge in [0.25, 0.3) is 0 Å². The topological polar surface area (TPSA) is 78.4 Å². The molecule has 5 nitrogen and oxygen atoms in total. The highest BCUT2D eigenvalue weighted by atomic mass is 16.6. The summed E-state index contributed by atoms with van der Waals surface area (Å²) in [5.41, 5.74) is 6.54. The highest BCUT2D eigenvalue weighted by Gasteiger charge is 2.30. The molecule has 0 amide bonds. The summed E-state index contributed by atoms with van der Waals surface area (Å²) >= 11 is 0. The van der Waals surface area contributed by atoms with Gasteiger partial charge in [0.05, 0.1) is 4.92 Å². The number of aryl methyl sites for hydroxylation is 1. The van der Waals surface area contributed by atoms with E-state index in [-0.39, 0.29) is 11.8 Å².